The quantitative estimate of drug-likeness (QED) is 0.300. The van der Waals surface area contributed by atoms with Crippen LogP contribution in [0.5, 0.6) is 0 Å². The van der Waals surface area contributed by atoms with Gasteiger partial charge < -0.3 is 14.7 Å². The van der Waals surface area contributed by atoms with Gasteiger partial charge in [-0.05, 0) is 0 Å². The standard InChI is InChI=1S/Mg.Mn.Na.H3O4P.3H/c;;;1-5(2,3)4;;;/h;;;(H3,1,2,3,4);;;. The zero-order valence-corrected chi connectivity index (χ0v) is 4.65. The molecule has 0 aromatic rings. The van der Waals surface area contributed by atoms with Gasteiger partial charge in [0.25, 0.3) is 0 Å². The number of hydrogen-bond acceptors (Lipinski definition) is 1. The van der Waals surface area contributed by atoms with Crippen molar-refractivity contribution in [3.05, 3.63) is 0 Å². The average molecular weight is 203 g/mol. The van der Waals surface area contributed by atoms with Gasteiger partial charge in [-0.3, -0.25) is 0 Å². The van der Waals surface area contributed by atoms with Gasteiger partial charge in [0.05, 0.1) is 0 Å². The molecule has 0 aromatic carbocycles. The van der Waals surface area contributed by atoms with Crippen molar-refractivity contribution in [1.29, 1.82) is 0 Å². The van der Waals surface area contributed by atoms with Crippen LogP contribution in [-0.2, 0) is 21.6 Å². The van der Waals surface area contributed by atoms with Crippen LogP contribution in [0.1, 0.15) is 0 Å². The van der Waals surface area contributed by atoms with Gasteiger partial charge in [0.2, 0.25) is 0 Å². The topological polar surface area (TPSA) is 77.8 Å². The van der Waals surface area contributed by atoms with Gasteiger partial charge in [-0.1, -0.05) is 0 Å². The van der Waals surface area contributed by atoms with Crippen molar-refractivity contribution in [2.45, 2.75) is 0 Å². The molecule has 0 amide bonds. The molecule has 0 atom stereocenters. The van der Waals surface area contributed by atoms with Crippen LogP contribution in [0.2, 0.25) is 0 Å². The van der Waals surface area contributed by atoms with E-state index in [4.69, 9.17) is 19.2 Å². The Kier molecular flexibility index (Phi) is 26.3. The van der Waals surface area contributed by atoms with Gasteiger partial charge in [0.1, 0.15) is 0 Å². The average Bonchev–Trinajstić information content (AvgIpc) is 0.722. The first-order valence-electron chi connectivity index (χ1n) is 0.783. The molecular formula is H6MgMnNaO4P. The Balaban J connectivity index is -0.0000000267. The second kappa shape index (κ2) is 9.40. The van der Waals surface area contributed by atoms with E-state index in [2.05, 4.69) is 0 Å². The van der Waals surface area contributed by atoms with E-state index in [9.17, 15) is 0 Å². The first kappa shape index (κ1) is 22.4. The predicted octanol–water partition coefficient (Wildman–Crippen LogP) is -2.50. The number of hydrogen-bond donors (Lipinski definition) is 3. The van der Waals surface area contributed by atoms with Crippen LogP contribution in [0.4, 0.5) is 0 Å². The van der Waals surface area contributed by atoms with Crippen LogP contribution in [-0.4, -0.2) is 67.3 Å². The summed E-state index contributed by atoms with van der Waals surface area (Å²) >= 11 is 0. The molecule has 0 saturated carbocycles. The Hall–Kier alpha value is 2.40. The number of phosphoric acid groups is 1. The molecule has 0 aliphatic carbocycles. The molecule has 0 rings (SSSR count). The van der Waals surface area contributed by atoms with Gasteiger partial charge in [0, 0.05) is 17.1 Å². The van der Waals surface area contributed by atoms with E-state index in [1.54, 1.807) is 0 Å². The van der Waals surface area contributed by atoms with Crippen molar-refractivity contribution >= 4 is 60.4 Å². The predicted molar refractivity (Wildman–Crippen MR) is 30.0 cm³/mol. The summed E-state index contributed by atoms with van der Waals surface area (Å²) in [5.74, 6) is 0. The Morgan fingerprint density at radius 2 is 1.12 bits per heavy atom. The summed E-state index contributed by atoms with van der Waals surface area (Å²) in [5, 5.41) is 0. The first-order chi connectivity index (χ1) is 2.00. The molecule has 45 valence electrons. The van der Waals surface area contributed by atoms with Crippen LogP contribution < -0.4 is 0 Å². The molecular weight excluding hydrogens is 197 g/mol. The molecule has 0 aliphatic rings. The van der Waals surface area contributed by atoms with Crippen molar-refractivity contribution in [1.82, 2.24) is 0 Å². The van der Waals surface area contributed by atoms with E-state index in [0.717, 1.165) is 0 Å². The minimum absolute atomic E-state index is 0. The molecule has 8 heteroatoms. The van der Waals surface area contributed by atoms with Crippen molar-refractivity contribution in [2.75, 3.05) is 0 Å². The fourth-order valence-corrected chi connectivity index (χ4v) is 0. The minimum atomic E-state index is -4.64. The molecule has 0 heterocycles. The zero-order chi connectivity index (χ0) is 4.50. The van der Waals surface area contributed by atoms with E-state index in [0.29, 0.717) is 0 Å². The van der Waals surface area contributed by atoms with Crippen LogP contribution in [0.15, 0.2) is 0 Å². The monoisotopic (exact) mass is 203 g/mol. The SMILES string of the molecule is O=P(O)(O)O.[MgH2].[Mn].[NaH]. The maximum absolute atomic E-state index is 8.88. The number of rotatable bonds is 0. The van der Waals surface area contributed by atoms with Crippen molar-refractivity contribution < 1.29 is 36.3 Å². The van der Waals surface area contributed by atoms with Crippen molar-refractivity contribution in [3.8, 4) is 0 Å². The summed E-state index contributed by atoms with van der Waals surface area (Å²) in [5.41, 5.74) is 0. The molecule has 1 radical (unpaired) electrons. The fourth-order valence-electron chi connectivity index (χ4n) is 0. The van der Waals surface area contributed by atoms with Crippen LogP contribution in [0.25, 0.3) is 0 Å². The Morgan fingerprint density at radius 1 is 1.12 bits per heavy atom. The second-order valence-electron chi connectivity index (χ2n) is 0.513. The van der Waals surface area contributed by atoms with Crippen LogP contribution in [0, 0.1) is 0 Å². The van der Waals surface area contributed by atoms with Gasteiger partial charge in [-0.2, -0.15) is 0 Å². The van der Waals surface area contributed by atoms with Gasteiger partial charge >= 0.3 is 60.4 Å². The summed E-state index contributed by atoms with van der Waals surface area (Å²) in [4.78, 5) is 21.6. The third-order valence-corrected chi connectivity index (χ3v) is 0. The molecule has 4 nitrogen and oxygen atoms in total. The summed E-state index contributed by atoms with van der Waals surface area (Å²) < 4.78 is 8.88. The third-order valence-electron chi connectivity index (χ3n) is 0. The molecule has 0 unspecified atom stereocenters. The van der Waals surface area contributed by atoms with Crippen LogP contribution >= 0.6 is 7.82 Å². The van der Waals surface area contributed by atoms with E-state index in [1.165, 1.54) is 0 Å². The van der Waals surface area contributed by atoms with Gasteiger partial charge in [0.15, 0.2) is 0 Å². The maximum atomic E-state index is 8.88. The molecule has 3 N–H and O–H groups in total. The molecule has 8 heavy (non-hydrogen) atoms. The third kappa shape index (κ3) is 80.0. The van der Waals surface area contributed by atoms with Crippen molar-refractivity contribution in [3.63, 3.8) is 0 Å². The van der Waals surface area contributed by atoms with E-state index < -0.39 is 7.82 Å². The van der Waals surface area contributed by atoms with Crippen molar-refractivity contribution in [2.24, 2.45) is 0 Å². The molecule has 0 aromatic heterocycles. The van der Waals surface area contributed by atoms with Gasteiger partial charge in [-0.25, -0.2) is 4.57 Å². The van der Waals surface area contributed by atoms with E-state index >= 15 is 0 Å². The molecule has 0 bridgehead atoms. The van der Waals surface area contributed by atoms with E-state index in [-0.39, 0.29) is 69.7 Å². The Bertz CT molecular complexity index is 62.2. The molecule has 0 fully saturated rings. The Labute approximate surface area is 95.6 Å². The second-order valence-corrected chi connectivity index (χ2v) is 1.54. The zero-order valence-electron chi connectivity index (χ0n) is 2.58. The van der Waals surface area contributed by atoms with E-state index in [1.807, 2.05) is 0 Å². The Morgan fingerprint density at radius 3 is 1.12 bits per heavy atom. The molecule has 0 spiro atoms. The fraction of sp³-hybridized carbons (Fsp3) is 0. The van der Waals surface area contributed by atoms with Crippen LogP contribution in [0.3, 0.4) is 0 Å². The summed E-state index contributed by atoms with van der Waals surface area (Å²) in [6, 6.07) is 0. The molecule has 0 saturated heterocycles. The summed E-state index contributed by atoms with van der Waals surface area (Å²) in [6.07, 6.45) is 0. The van der Waals surface area contributed by atoms with Gasteiger partial charge in [-0.15, -0.1) is 0 Å². The first-order valence-corrected chi connectivity index (χ1v) is 2.35. The molecule has 0 aliphatic heterocycles. The summed E-state index contributed by atoms with van der Waals surface area (Å²) in [7, 11) is -4.64. The normalized spacial score (nSPS) is 7.38. The summed E-state index contributed by atoms with van der Waals surface area (Å²) in [6.45, 7) is 0.